The highest BCUT2D eigenvalue weighted by molar-refractivity contribution is 6.32. The zero-order valence-corrected chi connectivity index (χ0v) is 24.4. The van der Waals surface area contributed by atoms with Crippen LogP contribution in [-0.2, 0) is 6.42 Å². The van der Waals surface area contributed by atoms with E-state index < -0.39 is 11.5 Å². The van der Waals surface area contributed by atoms with Gasteiger partial charge in [-0.15, -0.1) is 0 Å². The Hall–Kier alpha value is -3.73. The highest BCUT2D eigenvalue weighted by Gasteiger charge is 2.18. The topological polar surface area (TPSA) is 153 Å². The number of nitrogens with one attached hydrogen (secondary N) is 2. The first-order chi connectivity index (χ1) is 19.5. The molecule has 4 aromatic rings. The Morgan fingerprint density at radius 1 is 1.20 bits per heavy atom. The van der Waals surface area contributed by atoms with Crippen molar-refractivity contribution in [1.29, 1.82) is 0 Å². The number of aryl methyl sites for hydroxylation is 1. The number of hydrogen-bond donors (Lipinski definition) is 5. The monoisotopic (exact) mass is 580 g/mol. The number of aliphatic imine (C=N–C) groups is 1. The first kappa shape index (κ1) is 30.2. The van der Waals surface area contributed by atoms with Crippen LogP contribution in [0.3, 0.4) is 0 Å². The van der Waals surface area contributed by atoms with Crippen LogP contribution in [0.4, 0.5) is 4.39 Å². The van der Waals surface area contributed by atoms with E-state index in [2.05, 4.69) is 27.2 Å². The smallest absolute Gasteiger partial charge is 0.354 e. The van der Waals surface area contributed by atoms with Crippen LogP contribution in [-0.4, -0.2) is 39.6 Å². The molecule has 0 aliphatic heterocycles. The molecule has 0 aliphatic rings. The minimum Gasteiger partial charge on any atom is -0.370 e. The molecular weight excluding hydrogens is 543 g/mol. The molecule has 8 N–H and O–H groups in total. The van der Waals surface area contributed by atoms with Gasteiger partial charge in [-0.05, 0) is 94.0 Å². The largest absolute Gasteiger partial charge is 0.370 e. The number of aromatic amines is 1. The number of hydrogen-bond acceptors (Lipinski definition) is 5. The van der Waals surface area contributed by atoms with E-state index in [-0.39, 0.29) is 23.1 Å². The first-order valence-electron chi connectivity index (χ1n) is 13.8. The summed E-state index contributed by atoms with van der Waals surface area (Å²) in [4.78, 5) is 24.2. The van der Waals surface area contributed by atoms with Crippen molar-refractivity contribution < 1.29 is 4.39 Å². The number of nitrogens with two attached hydrogens (primary N) is 3. The summed E-state index contributed by atoms with van der Waals surface area (Å²) >= 11 is 6.39. The molecule has 9 nitrogen and oxygen atoms in total. The Labute approximate surface area is 244 Å². The third-order valence-electron chi connectivity index (χ3n) is 7.21. The molecule has 0 radical (unpaired) electrons. The number of halogens is 2. The molecule has 0 saturated carbocycles. The number of benzene rings is 2. The molecule has 0 bridgehead atoms. The van der Waals surface area contributed by atoms with Crippen molar-refractivity contribution in [2.45, 2.75) is 58.5 Å². The van der Waals surface area contributed by atoms with Gasteiger partial charge in [-0.2, -0.15) is 4.98 Å². The first-order valence-corrected chi connectivity index (χ1v) is 14.2. The van der Waals surface area contributed by atoms with Gasteiger partial charge in [0.2, 0.25) is 0 Å². The van der Waals surface area contributed by atoms with Gasteiger partial charge in [-0.25, -0.2) is 9.18 Å². The number of aromatic nitrogens is 3. The van der Waals surface area contributed by atoms with Gasteiger partial charge < -0.3 is 27.5 Å². The SMILES string of the molecule is Cc1c(CCC[C@H](C)N)cc(-c2cc3cn(-c4ccc([C@H](C)NCCCN=C(N)N)cc4)c(=O)nc3[nH]2)c(F)c1Cl. The van der Waals surface area contributed by atoms with Crippen molar-refractivity contribution >= 4 is 28.6 Å². The van der Waals surface area contributed by atoms with Crippen LogP contribution in [0.5, 0.6) is 0 Å². The second-order valence-corrected chi connectivity index (χ2v) is 10.9. The summed E-state index contributed by atoms with van der Waals surface area (Å²) in [6.45, 7) is 7.19. The highest BCUT2D eigenvalue weighted by atomic mass is 35.5. The van der Waals surface area contributed by atoms with E-state index in [1.807, 2.05) is 44.2 Å². The molecule has 2 atom stereocenters. The van der Waals surface area contributed by atoms with Crippen LogP contribution < -0.4 is 28.2 Å². The fourth-order valence-electron chi connectivity index (χ4n) is 4.81. The van der Waals surface area contributed by atoms with Crippen LogP contribution in [0.2, 0.25) is 5.02 Å². The minimum atomic E-state index is -0.503. The summed E-state index contributed by atoms with van der Waals surface area (Å²) in [5.74, 6) is -0.409. The quantitative estimate of drug-likeness (QED) is 0.0947. The molecule has 0 spiro atoms. The van der Waals surface area contributed by atoms with Gasteiger partial charge >= 0.3 is 5.69 Å². The average Bonchev–Trinajstić information content (AvgIpc) is 3.34. The van der Waals surface area contributed by atoms with Crippen molar-refractivity contribution in [2.24, 2.45) is 22.2 Å². The Balaban J connectivity index is 1.56. The molecular formula is C30H38ClFN8O. The molecule has 0 amide bonds. The lowest BCUT2D eigenvalue weighted by Gasteiger charge is -2.15. The maximum atomic E-state index is 15.3. The molecule has 0 aliphatic carbocycles. The number of H-pyrrole nitrogens is 1. The van der Waals surface area contributed by atoms with Crippen molar-refractivity contribution in [2.75, 3.05) is 13.1 Å². The predicted molar refractivity (Wildman–Crippen MR) is 165 cm³/mol. The van der Waals surface area contributed by atoms with Gasteiger partial charge in [0.15, 0.2) is 11.8 Å². The van der Waals surface area contributed by atoms with E-state index in [1.54, 1.807) is 12.3 Å². The molecule has 0 unspecified atom stereocenters. The number of nitrogens with zero attached hydrogens (tertiary/aromatic N) is 3. The second-order valence-electron chi connectivity index (χ2n) is 10.5. The Kier molecular flexibility index (Phi) is 9.80. The molecule has 2 heterocycles. The van der Waals surface area contributed by atoms with Gasteiger partial charge in [0, 0.05) is 35.8 Å². The summed E-state index contributed by atoms with van der Waals surface area (Å²) in [7, 11) is 0. The Bertz CT molecular complexity index is 1590. The summed E-state index contributed by atoms with van der Waals surface area (Å²) in [5, 5.41) is 4.21. The summed E-state index contributed by atoms with van der Waals surface area (Å²) < 4.78 is 16.8. The minimum absolute atomic E-state index is 0.0945. The van der Waals surface area contributed by atoms with E-state index in [4.69, 9.17) is 28.8 Å². The van der Waals surface area contributed by atoms with Crippen molar-refractivity contribution in [3.63, 3.8) is 0 Å². The fourth-order valence-corrected chi connectivity index (χ4v) is 5.03. The molecule has 2 aromatic heterocycles. The molecule has 11 heteroatoms. The van der Waals surface area contributed by atoms with Crippen LogP contribution in [0.1, 0.15) is 55.8 Å². The zero-order chi connectivity index (χ0) is 29.7. The third kappa shape index (κ3) is 7.32. The van der Waals surface area contributed by atoms with Gasteiger partial charge in [0.05, 0.1) is 16.4 Å². The van der Waals surface area contributed by atoms with Crippen molar-refractivity contribution in [3.05, 3.63) is 80.6 Å². The highest BCUT2D eigenvalue weighted by Crippen LogP contribution is 2.34. The normalized spacial score (nSPS) is 12.9. The average molecular weight is 581 g/mol. The van der Waals surface area contributed by atoms with E-state index in [1.165, 1.54) is 4.57 Å². The Morgan fingerprint density at radius 3 is 2.61 bits per heavy atom. The van der Waals surface area contributed by atoms with Gasteiger partial charge in [-0.1, -0.05) is 23.7 Å². The molecule has 218 valence electrons. The van der Waals surface area contributed by atoms with Crippen molar-refractivity contribution in [3.8, 4) is 16.9 Å². The van der Waals surface area contributed by atoms with Gasteiger partial charge in [-0.3, -0.25) is 9.56 Å². The standard InChI is InChI=1S/C30H38ClFN8O/c1-17(33)6-4-7-21-14-24(27(32)26(31)18(21)2)25-15-22-16-40(30(41)39-28(22)38-25)23-10-8-20(9-11-23)19(3)36-12-5-13-37-29(34)35/h8-11,14-17,19,36H,4-7,12-13,33H2,1-3H3,(H4,34,35,37)(H,38,39,41)/t17-,19-/m0/s1. The van der Waals surface area contributed by atoms with E-state index in [0.29, 0.717) is 34.5 Å². The molecule has 2 aromatic carbocycles. The molecule has 41 heavy (non-hydrogen) atoms. The molecule has 0 fully saturated rings. The second kappa shape index (κ2) is 13.3. The third-order valence-corrected chi connectivity index (χ3v) is 7.66. The zero-order valence-electron chi connectivity index (χ0n) is 23.7. The predicted octanol–water partition coefficient (Wildman–Crippen LogP) is 4.47. The number of fused-ring (bicyclic) bond motifs is 1. The van der Waals surface area contributed by atoms with Crippen LogP contribution in [0, 0.1) is 12.7 Å². The van der Waals surface area contributed by atoms with Crippen LogP contribution in [0.25, 0.3) is 28.0 Å². The van der Waals surface area contributed by atoms with Gasteiger partial charge in [0.1, 0.15) is 5.65 Å². The summed E-state index contributed by atoms with van der Waals surface area (Å²) in [6, 6.07) is 11.5. The van der Waals surface area contributed by atoms with Crippen LogP contribution in [0.15, 0.2) is 52.4 Å². The number of guanidine groups is 1. The lowest BCUT2D eigenvalue weighted by atomic mass is 9.97. The molecule has 4 rings (SSSR count). The van der Waals surface area contributed by atoms with E-state index in [9.17, 15) is 4.79 Å². The Morgan fingerprint density at radius 2 is 1.93 bits per heavy atom. The summed E-state index contributed by atoms with van der Waals surface area (Å²) in [5.41, 5.74) is 20.8. The van der Waals surface area contributed by atoms with E-state index >= 15 is 4.39 Å². The van der Waals surface area contributed by atoms with Crippen LogP contribution >= 0.6 is 11.6 Å². The lowest BCUT2D eigenvalue weighted by molar-refractivity contribution is 0.562. The van der Waals surface area contributed by atoms with Crippen molar-refractivity contribution in [1.82, 2.24) is 19.9 Å². The molecule has 0 saturated heterocycles. The van der Waals surface area contributed by atoms with Gasteiger partial charge in [0.25, 0.3) is 0 Å². The fraction of sp³-hybridized carbons (Fsp3) is 0.367. The lowest BCUT2D eigenvalue weighted by Crippen LogP contribution is -2.24. The maximum absolute atomic E-state index is 15.3. The number of rotatable bonds is 12. The maximum Gasteiger partial charge on any atom is 0.354 e. The summed E-state index contributed by atoms with van der Waals surface area (Å²) in [6.07, 6.45) is 5.01. The van der Waals surface area contributed by atoms with E-state index in [0.717, 1.165) is 48.9 Å².